The highest BCUT2D eigenvalue weighted by Gasteiger charge is 2.20. The van der Waals surface area contributed by atoms with E-state index < -0.39 is 17.0 Å². The predicted molar refractivity (Wildman–Crippen MR) is 65.1 cm³/mol. The lowest BCUT2D eigenvalue weighted by Crippen LogP contribution is -2.14. The maximum Gasteiger partial charge on any atom is 0.312 e. The lowest BCUT2D eigenvalue weighted by molar-refractivity contribution is -0.386. The molecular weight excluding hydrogens is 262 g/mol. The van der Waals surface area contributed by atoms with E-state index in [1.54, 1.807) is 6.92 Å². The van der Waals surface area contributed by atoms with Gasteiger partial charge in [0.2, 0.25) is 5.75 Å². The molecule has 0 saturated heterocycles. The highest BCUT2D eigenvalue weighted by Crippen LogP contribution is 2.35. The van der Waals surface area contributed by atoms with Crippen molar-refractivity contribution >= 4 is 23.3 Å². The van der Waals surface area contributed by atoms with Gasteiger partial charge >= 0.3 is 11.7 Å². The summed E-state index contributed by atoms with van der Waals surface area (Å²) >= 11 is 5.83. The van der Waals surface area contributed by atoms with E-state index in [9.17, 15) is 14.9 Å². The quantitative estimate of drug-likeness (QED) is 0.636. The molecule has 0 saturated carbocycles. The third-order valence-corrected chi connectivity index (χ3v) is 2.52. The number of nitro benzene ring substituents is 1. The number of halogens is 1. The summed E-state index contributed by atoms with van der Waals surface area (Å²) in [6.07, 6.45) is -0.295. The van der Waals surface area contributed by atoms with E-state index in [0.29, 0.717) is 0 Å². The number of carboxylic acids is 1. The highest BCUT2D eigenvalue weighted by molar-refractivity contribution is 6.32. The number of hydrogen-bond acceptors (Lipinski definition) is 4. The van der Waals surface area contributed by atoms with Gasteiger partial charge in [0.25, 0.3) is 0 Å². The molecule has 98 valence electrons. The van der Waals surface area contributed by atoms with Gasteiger partial charge in [-0.3, -0.25) is 14.9 Å². The summed E-state index contributed by atoms with van der Waals surface area (Å²) in [6, 6.07) is 4.22. The number of aliphatic carboxylic acids is 1. The van der Waals surface area contributed by atoms with Crippen LogP contribution in [0.2, 0.25) is 5.02 Å². The molecule has 18 heavy (non-hydrogen) atoms. The SMILES string of the molecule is CC(CCC(=O)O)Oc1c(Cl)cccc1[N+](=O)[O-]. The zero-order valence-corrected chi connectivity index (χ0v) is 10.4. The number of para-hydroxylation sites is 1. The van der Waals surface area contributed by atoms with Crippen LogP contribution in [0.1, 0.15) is 19.8 Å². The zero-order chi connectivity index (χ0) is 13.7. The first-order valence-electron chi connectivity index (χ1n) is 5.23. The van der Waals surface area contributed by atoms with E-state index in [0.717, 1.165) is 0 Å². The molecule has 1 unspecified atom stereocenters. The van der Waals surface area contributed by atoms with Crippen molar-refractivity contribution in [2.24, 2.45) is 0 Å². The van der Waals surface area contributed by atoms with Crippen molar-refractivity contribution in [3.63, 3.8) is 0 Å². The fourth-order valence-corrected chi connectivity index (χ4v) is 1.56. The molecular formula is C11H12ClNO5. The van der Waals surface area contributed by atoms with E-state index in [2.05, 4.69) is 0 Å². The minimum Gasteiger partial charge on any atom is -0.483 e. The van der Waals surface area contributed by atoms with E-state index in [-0.39, 0.29) is 29.3 Å². The van der Waals surface area contributed by atoms with Crippen molar-refractivity contribution in [2.75, 3.05) is 0 Å². The Bertz CT molecular complexity index is 463. The summed E-state index contributed by atoms with van der Waals surface area (Å²) in [5.41, 5.74) is -0.232. The van der Waals surface area contributed by atoms with E-state index in [1.807, 2.05) is 0 Å². The molecule has 0 heterocycles. The average molecular weight is 274 g/mol. The molecule has 1 aromatic rings. The Morgan fingerprint density at radius 2 is 2.28 bits per heavy atom. The van der Waals surface area contributed by atoms with Crippen LogP contribution in [0.5, 0.6) is 5.75 Å². The van der Waals surface area contributed by atoms with E-state index >= 15 is 0 Å². The Balaban J connectivity index is 2.83. The van der Waals surface area contributed by atoms with Gasteiger partial charge in [-0.2, -0.15) is 0 Å². The van der Waals surface area contributed by atoms with Gasteiger partial charge in [-0.25, -0.2) is 0 Å². The first-order chi connectivity index (χ1) is 8.41. The molecule has 0 spiro atoms. The topological polar surface area (TPSA) is 89.7 Å². The maximum absolute atomic E-state index is 10.8. The zero-order valence-electron chi connectivity index (χ0n) is 9.63. The van der Waals surface area contributed by atoms with Gasteiger partial charge in [-0.15, -0.1) is 0 Å². The van der Waals surface area contributed by atoms with Crippen LogP contribution in [-0.4, -0.2) is 22.1 Å². The minimum absolute atomic E-state index is 0.0259. The van der Waals surface area contributed by atoms with Crippen LogP contribution in [0.4, 0.5) is 5.69 Å². The second-order valence-corrected chi connectivity index (χ2v) is 4.11. The molecule has 6 nitrogen and oxygen atoms in total. The third kappa shape index (κ3) is 3.89. The van der Waals surface area contributed by atoms with Gasteiger partial charge in [0, 0.05) is 12.5 Å². The molecule has 1 N–H and O–H groups in total. The standard InChI is InChI=1S/C11H12ClNO5/c1-7(5-6-10(14)15)18-11-8(12)3-2-4-9(11)13(16)17/h2-4,7H,5-6H2,1H3,(H,14,15). The Labute approximate surface area is 108 Å². The van der Waals surface area contributed by atoms with Crippen molar-refractivity contribution in [1.82, 2.24) is 0 Å². The van der Waals surface area contributed by atoms with Crippen molar-refractivity contribution in [1.29, 1.82) is 0 Å². The summed E-state index contributed by atoms with van der Waals surface area (Å²) in [6.45, 7) is 1.63. The van der Waals surface area contributed by atoms with Gasteiger partial charge in [0.15, 0.2) is 0 Å². The van der Waals surface area contributed by atoms with Crippen LogP contribution in [0.25, 0.3) is 0 Å². The first kappa shape index (κ1) is 14.2. The number of nitro groups is 1. The van der Waals surface area contributed by atoms with Crippen molar-refractivity contribution in [3.05, 3.63) is 33.3 Å². The van der Waals surface area contributed by atoms with Gasteiger partial charge in [0.1, 0.15) is 0 Å². The molecule has 1 aromatic carbocycles. The number of ether oxygens (including phenoxy) is 1. The van der Waals surface area contributed by atoms with Crippen LogP contribution in [0.3, 0.4) is 0 Å². The van der Waals surface area contributed by atoms with Crippen molar-refractivity contribution < 1.29 is 19.6 Å². The number of carbonyl (C=O) groups is 1. The molecule has 0 radical (unpaired) electrons. The van der Waals surface area contributed by atoms with Gasteiger partial charge < -0.3 is 9.84 Å². The summed E-state index contributed by atoms with van der Waals surface area (Å²) in [4.78, 5) is 20.6. The number of benzene rings is 1. The number of hydrogen-bond donors (Lipinski definition) is 1. The van der Waals surface area contributed by atoms with Crippen LogP contribution >= 0.6 is 11.6 Å². The number of carboxylic acid groups (broad SMARTS) is 1. The number of nitrogens with zero attached hydrogens (tertiary/aromatic N) is 1. The van der Waals surface area contributed by atoms with Crippen LogP contribution in [0.15, 0.2) is 18.2 Å². The molecule has 0 aliphatic heterocycles. The van der Waals surface area contributed by atoms with Gasteiger partial charge in [0.05, 0.1) is 16.0 Å². The molecule has 0 bridgehead atoms. The summed E-state index contributed by atoms with van der Waals surface area (Å²) < 4.78 is 5.35. The van der Waals surface area contributed by atoms with Crippen molar-refractivity contribution in [2.45, 2.75) is 25.9 Å². The molecule has 0 fully saturated rings. The first-order valence-corrected chi connectivity index (χ1v) is 5.61. The fourth-order valence-electron chi connectivity index (χ4n) is 1.34. The lowest BCUT2D eigenvalue weighted by Gasteiger charge is -2.14. The Morgan fingerprint density at radius 3 is 2.83 bits per heavy atom. The summed E-state index contributed by atoms with van der Waals surface area (Å²) in [5, 5.41) is 19.5. The Hall–Kier alpha value is -1.82. The van der Waals surface area contributed by atoms with Gasteiger partial charge in [-0.05, 0) is 19.4 Å². The summed E-state index contributed by atoms with van der Waals surface area (Å²) in [7, 11) is 0. The van der Waals surface area contributed by atoms with Crippen molar-refractivity contribution in [3.8, 4) is 5.75 Å². The highest BCUT2D eigenvalue weighted by atomic mass is 35.5. The lowest BCUT2D eigenvalue weighted by atomic mass is 10.2. The largest absolute Gasteiger partial charge is 0.483 e. The Kier molecular flexibility index (Phi) is 4.91. The summed E-state index contributed by atoms with van der Waals surface area (Å²) in [5.74, 6) is -0.971. The molecule has 0 amide bonds. The second-order valence-electron chi connectivity index (χ2n) is 3.71. The molecule has 0 aromatic heterocycles. The molecule has 0 aliphatic rings. The number of rotatable bonds is 6. The Morgan fingerprint density at radius 1 is 1.61 bits per heavy atom. The van der Waals surface area contributed by atoms with Gasteiger partial charge in [-0.1, -0.05) is 17.7 Å². The fraction of sp³-hybridized carbons (Fsp3) is 0.364. The third-order valence-electron chi connectivity index (χ3n) is 2.23. The average Bonchev–Trinajstić information content (AvgIpc) is 2.28. The van der Waals surface area contributed by atoms with E-state index in [4.69, 9.17) is 21.4 Å². The minimum atomic E-state index is -0.945. The molecule has 1 atom stereocenters. The van der Waals surface area contributed by atoms with Crippen LogP contribution in [0, 0.1) is 10.1 Å². The monoisotopic (exact) mass is 273 g/mol. The smallest absolute Gasteiger partial charge is 0.312 e. The predicted octanol–water partition coefficient (Wildman–Crippen LogP) is 2.88. The maximum atomic E-state index is 10.8. The van der Waals surface area contributed by atoms with Crippen LogP contribution < -0.4 is 4.74 Å². The molecule has 1 rings (SSSR count). The second kappa shape index (κ2) is 6.20. The normalized spacial score (nSPS) is 11.9. The molecule has 0 aliphatic carbocycles. The van der Waals surface area contributed by atoms with Crippen LogP contribution in [-0.2, 0) is 4.79 Å². The molecule has 7 heteroatoms. The van der Waals surface area contributed by atoms with E-state index in [1.165, 1.54) is 18.2 Å².